The standard InChI is InChI=1S/C57H115N2O6P/c1-3-5-7-9-11-13-15-17-19-21-22-23-24-25-26-27-28-29-30-31-32-33-34-35-37-39-41-43-45-47-49-51-57(61)59-55(54-65-66(62,63)64-53-52-58)56(60)50-48-46-44-42-40-38-36-20-18-16-14-12-10-8-6-4-2/h48,50,55-56,60H,3-47,49,51-54,58H2,1-2H3,(H,59,61)(H,62,63)/b50-48+/t55-,56+/m0/s1. The zero-order valence-corrected chi connectivity index (χ0v) is 45.1. The van der Waals surface area contributed by atoms with E-state index in [0.29, 0.717) is 6.42 Å². The third kappa shape index (κ3) is 51.1. The summed E-state index contributed by atoms with van der Waals surface area (Å²) in [5.41, 5.74) is 5.40. The number of unbranched alkanes of at least 4 members (excludes halogenated alkanes) is 44. The molecule has 0 aromatic heterocycles. The Hall–Kier alpha value is -0.760. The Bertz CT molecular complexity index is 1050. The first-order chi connectivity index (χ1) is 32.4. The highest BCUT2D eigenvalue weighted by Gasteiger charge is 2.27. The fourth-order valence-corrected chi connectivity index (χ4v) is 9.96. The first kappa shape index (κ1) is 65.2. The second-order valence-electron chi connectivity index (χ2n) is 20.2. The molecule has 394 valence electrons. The van der Waals surface area contributed by atoms with Crippen LogP contribution in [0.3, 0.4) is 0 Å². The molecule has 0 fully saturated rings. The topological polar surface area (TPSA) is 131 Å². The number of aliphatic hydroxyl groups is 1. The van der Waals surface area contributed by atoms with E-state index in [1.165, 1.54) is 257 Å². The molecule has 9 heteroatoms. The highest BCUT2D eigenvalue weighted by molar-refractivity contribution is 7.47. The average Bonchev–Trinajstić information content (AvgIpc) is 3.31. The van der Waals surface area contributed by atoms with Gasteiger partial charge in [-0.15, -0.1) is 0 Å². The lowest BCUT2D eigenvalue weighted by Gasteiger charge is -2.23. The molecule has 0 aliphatic rings. The number of nitrogens with two attached hydrogens (primary N) is 1. The molecule has 0 aromatic carbocycles. The molecule has 8 nitrogen and oxygen atoms in total. The molecular formula is C57H115N2O6P. The molecule has 0 radical (unpaired) electrons. The second kappa shape index (κ2) is 53.6. The summed E-state index contributed by atoms with van der Waals surface area (Å²) in [5.74, 6) is -0.186. The highest BCUT2D eigenvalue weighted by Crippen LogP contribution is 2.43. The molecule has 0 rings (SSSR count). The summed E-state index contributed by atoms with van der Waals surface area (Å²) in [6, 6.07) is -0.856. The van der Waals surface area contributed by atoms with Crippen LogP contribution in [0.5, 0.6) is 0 Å². The van der Waals surface area contributed by atoms with Crippen LogP contribution in [-0.4, -0.2) is 47.8 Å². The van der Waals surface area contributed by atoms with Crippen LogP contribution < -0.4 is 11.1 Å². The summed E-state index contributed by atoms with van der Waals surface area (Å²) < 4.78 is 22.3. The van der Waals surface area contributed by atoms with E-state index < -0.39 is 20.0 Å². The lowest BCUT2D eigenvalue weighted by Crippen LogP contribution is -2.45. The SMILES string of the molecule is CCCCCCCCCCCCCCCC/C=C/[C@@H](O)[C@H](COP(=O)(O)OCCN)NC(=O)CCCCCCCCCCCCCCCCCCCCCCCCCCCCCCCCC. The van der Waals surface area contributed by atoms with Gasteiger partial charge in [-0.1, -0.05) is 302 Å². The smallest absolute Gasteiger partial charge is 0.387 e. The molecule has 0 saturated heterocycles. The molecular weight excluding hydrogens is 840 g/mol. The van der Waals surface area contributed by atoms with Gasteiger partial charge in [0.25, 0.3) is 0 Å². The summed E-state index contributed by atoms with van der Waals surface area (Å²) >= 11 is 0. The Balaban J connectivity index is 3.86. The molecule has 0 aromatic rings. The third-order valence-corrected chi connectivity index (χ3v) is 14.6. The number of allylic oxidation sites excluding steroid dienone is 1. The minimum atomic E-state index is -4.34. The number of hydrogen-bond donors (Lipinski definition) is 4. The van der Waals surface area contributed by atoms with Crippen molar-refractivity contribution in [1.82, 2.24) is 5.32 Å². The lowest BCUT2D eigenvalue weighted by atomic mass is 10.0. The second-order valence-corrected chi connectivity index (χ2v) is 21.7. The van der Waals surface area contributed by atoms with Crippen molar-refractivity contribution in [1.29, 1.82) is 0 Å². The van der Waals surface area contributed by atoms with Crippen LogP contribution in [-0.2, 0) is 18.4 Å². The van der Waals surface area contributed by atoms with Crippen molar-refractivity contribution in [2.24, 2.45) is 5.73 Å². The van der Waals surface area contributed by atoms with Gasteiger partial charge in [0.05, 0.1) is 25.4 Å². The van der Waals surface area contributed by atoms with Crippen LogP contribution in [0.2, 0.25) is 0 Å². The Morgan fingerprint density at radius 2 is 0.773 bits per heavy atom. The van der Waals surface area contributed by atoms with Crippen molar-refractivity contribution >= 4 is 13.7 Å². The van der Waals surface area contributed by atoms with Crippen LogP contribution in [0.15, 0.2) is 12.2 Å². The summed E-state index contributed by atoms with van der Waals surface area (Å²) in [6.07, 6.45) is 64.5. The lowest BCUT2D eigenvalue weighted by molar-refractivity contribution is -0.123. The monoisotopic (exact) mass is 955 g/mol. The zero-order chi connectivity index (χ0) is 48.1. The Morgan fingerprint density at radius 3 is 1.08 bits per heavy atom. The van der Waals surface area contributed by atoms with E-state index in [1.54, 1.807) is 6.08 Å². The van der Waals surface area contributed by atoms with Crippen molar-refractivity contribution in [2.75, 3.05) is 19.8 Å². The number of phosphoric ester groups is 1. The Morgan fingerprint density at radius 1 is 0.485 bits per heavy atom. The van der Waals surface area contributed by atoms with Gasteiger partial charge in [0.2, 0.25) is 5.91 Å². The number of amides is 1. The third-order valence-electron chi connectivity index (χ3n) is 13.6. The maximum atomic E-state index is 12.9. The molecule has 0 aliphatic carbocycles. The van der Waals surface area contributed by atoms with Gasteiger partial charge in [-0.25, -0.2) is 4.57 Å². The van der Waals surface area contributed by atoms with E-state index in [9.17, 15) is 19.4 Å². The van der Waals surface area contributed by atoms with Crippen LogP contribution in [0.25, 0.3) is 0 Å². The fourth-order valence-electron chi connectivity index (χ4n) is 9.20. The predicted octanol–water partition coefficient (Wildman–Crippen LogP) is 17.9. The normalized spacial score (nSPS) is 13.7. The summed E-state index contributed by atoms with van der Waals surface area (Å²) in [5, 5.41) is 13.8. The molecule has 66 heavy (non-hydrogen) atoms. The first-order valence-corrected chi connectivity index (χ1v) is 30.8. The zero-order valence-electron chi connectivity index (χ0n) is 44.2. The molecule has 0 spiro atoms. The number of carbonyl (C=O) groups excluding carboxylic acids is 1. The largest absolute Gasteiger partial charge is 0.472 e. The molecule has 1 amide bonds. The van der Waals surface area contributed by atoms with Gasteiger partial charge in [-0.05, 0) is 19.3 Å². The highest BCUT2D eigenvalue weighted by atomic mass is 31.2. The van der Waals surface area contributed by atoms with Crippen molar-refractivity contribution in [3.63, 3.8) is 0 Å². The fraction of sp³-hybridized carbons (Fsp3) is 0.947. The minimum Gasteiger partial charge on any atom is -0.387 e. The van der Waals surface area contributed by atoms with Crippen LogP contribution in [0.4, 0.5) is 0 Å². The molecule has 3 atom stereocenters. The van der Waals surface area contributed by atoms with E-state index in [-0.39, 0.29) is 25.7 Å². The average molecular weight is 956 g/mol. The van der Waals surface area contributed by atoms with Crippen molar-refractivity contribution in [3.05, 3.63) is 12.2 Å². The van der Waals surface area contributed by atoms with Crippen LogP contribution in [0.1, 0.15) is 316 Å². The Labute approximate surface area is 411 Å². The first-order valence-electron chi connectivity index (χ1n) is 29.3. The number of nitrogens with one attached hydrogen (secondary N) is 1. The summed E-state index contributed by atoms with van der Waals surface area (Å²) in [6.45, 7) is 4.19. The number of aliphatic hydroxyl groups excluding tert-OH is 1. The van der Waals surface area contributed by atoms with Crippen LogP contribution >= 0.6 is 7.82 Å². The molecule has 0 heterocycles. The number of phosphoric acid groups is 1. The van der Waals surface area contributed by atoms with Gasteiger partial charge < -0.3 is 21.1 Å². The number of hydrogen-bond acceptors (Lipinski definition) is 6. The summed E-state index contributed by atoms with van der Waals surface area (Å²) in [7, 11) is -4.34. The van der Waals surface area contributed by atoms with Gasteiger partial charge in [-0.2, -0.15) is 0 Å². The van der Waals surface area contributed by atoms with Crippen molar-refractivity contribution < 1.29 is 28.4 Å². The molecule has 0 saturated carbocycles. The number of carbonyl (C=O) groups is 1. The van der Waals surface area contributed by atoms with E-state index in [1.807, 2.05) is 6.08 Å². The van der Waals surface area contributed by atoms with E-state index in [0.717, 1.165) is 38.5 Å². The predicted molar refractivity (Wildman–Crippen MR) is 286 cm³/mol. The van der Waals surface area contributed by atoms with Gasteiger partial charge in [0.15, 0.2) is 0 Å². The minimum absolute atomic E-state index is 0.0818. The summed E-state index contributed by atoms with van der Waals surface area (Å²) in [4.78, 5) is 22.9. The number of rotatable bonds is 56. The maximum Gasteiger partial charge on any atom is 0.472 e. The maximum absolute atomic E-state index is 12.9. The molecule has 5 N–H and O–H groups in total. The van der Waals surface area contributed by atoms with Crippen LogP contribution in [0, 0.1) is 0 Å². The van der Waals surface area contributed by atoms with Crippen molar-refractivity contribution in [2.45, 2.75) is 328 Å². The molecule has 0 bridgehead atoms. The van der Waals surface area contributed by atoms with Gasteiger partial charge >= 0.3 is 7.82 Å². The van der Waals surface area contributed by atoms with Gasteiger partial charge in [0.1, 0.15) is 0 Å². The van der Waals surface area contributed by atoms with E-state index >= 15 is 0 Å². The van der Waals surface area contributed by atoms with Gasteiger partial charge in [-0.3, -0.25) is 13.8 Å². The molecule has 1 unspecified atom stereocenters. The van der Waals surface area contributed by atoms with Crippen molar-refractivity contribution in [3.8, 4) is 0 Å². The van der Waals surface area contributed by atoms with Gasteiger partial charge in [0, 0.05) is 13.0 Å². The molecule has 0 aliphatic heterocycles. The Kier molecular flexibility index (Phi) is 53.0. The van der Waals surface area contributed by atoms with E-state index in [2.05, 4.69) is 19.2 Å². The quantitative estimate of drug-likeness (QED) is 0.0271. The van der Waals surface area contributed by atoms with E-state index in [4.69, 9.17) is 14.8 Å².